The van der Waals surface area contributed by atoms with Gasteiger partial charge in [-0.05, 0) is 0 Å². The molecule has 0 radical (unpaired) electrons. The SMILES string of the molecule is CCC1=[C-]CC(CC)=C1CC.C[Si](C)=[Zr+2].[C-]1=CC=CC1.[Cl-].[Cl-]. The molecule has 2 aliphatic rings. The molecule has 0 saturated heterocycles. The summed E-state index contributed by atoms with van der Waals surface area (Å²) in [6.07, 6.45) is 18.1. The number of rotatable bonds is 3. The van der Waals surface area contributed by atoms with Crippen molar-refractivity contribution in [1.29, 1.82) is 0 Å². The zero-order valence-corrected chi connectivity index (χ0v) is 19.5. The van der Waals surface area contributed by atoms with E-state index in [2.05, 4.69) is 52.1 Å². The fourth-order valence-corrected chi connectivity index (χ4v) is 2.12. The molecule has 0 saturated carbocycles. The minimum absolute atomic E-state index is 0. The van der Waals surface area contributed by atoms with Gasteiger partial charge in [0.1, 0.15) is 0 Å². The van der Waals surface area contributed by atoms with Crippen LogP contribution in [0.4, 0.5) is 0 Å². The van der Waals surface area contributed by atoms with Crippen molar-refractivity contribution in [1.82, 2.24) is 0 Å². The maximum atomic E-state index is 3.45. The second kappa shape index (κ2) is 18.0. The minimum Gasteiger partial charge on any atom is -1.00 e. The molecule has 2 aliphatic carbocycles. The Labute approximate surface area is 165 Å². The monoisotopic (exact) mass is 432 g/mol. The largest absolute Gasteiger partial charge is 1.00 e. The molecule has 4 heteroatoms. The van der Waals surface area contributed by atoms with Crippen molar-refractivity contribution in [2.45, 2.75) is 66.0 Å². The maximum absolute atomic E-state index is 3.45. The fraction of sp³-hybridized carbons (Fsp3) is 0.556. The number of hydrogen-bond acceptors (Lipinski definition) is 0. The molecule has 0 aromatic heterocycles. The van der Waals surface area contributed by atoms with E-state index in [0.717, 1.165) is 19.3 Å². The molecule has 0 aromatic carbocycles. The van der Waals surface area contributed by atoms with E-state index in [1.807, 2.05) is 12.2 Å². The average Bonchev–Trinajstić information content (AvgIpc) is 3.09. The predicted molar refractivity (Wildman–Crippen MR) is 88.3 cm³/mol. The van der Waals surface area contributed by atoms with Crippen LogP contribution in [0.25, 0.3) is 0 Å². The third-order valence-corrected chi connectivity index (χ3v) is 3.03. The summed E-state index contributed by atoms with van der Waals surface area (Å²) < 4.78 is 0. The van der Waals surface area contributed by atoms with Gasteiger partial charge in [0, 0.05) is 0 Å². The van der Waals surface area contributed by atoms with Gasteiger partial charge in [0.2, 0.25) is 0 Å². The van der Waals surface area contributed by atoms with Crippen LogP contribution in [0, 0.1) is 12.2 Å². The Morgan fingerprint density at radius 2 is 1.68 bits per heavy atom. The first-order valence-electron chi connectivity index (χ1n) is 7.61. The Morgan fingerprint density at radius 3 is 1.95 bits per heavy atom. The van der Waals surface area contributed by atoms with E-state index in [4.69, 9.17) is 0 Å². The molecular formula is C18H28Cl2SiZr-2. The summed E-state index contributed by atoms with van der Waals surface area (Å²) in [7, 11) is 0. The molecule has 0 N–H and O–H groups in total. The van der Waals surface area contributed by atoms with Crippen LogP contribution in [0.15, 0.2) is 34.9 Å². The van der Waals surface area contributed by atoms with Gasteiger partial charge in [-0.1, -0.05) is 40.0 Å². The smallest absolute Gasteiger partial charge is 0.109 e. The van der Waals surface area contributed by atoms with Gasteiger partial charge >= 0.3 is 41.9 Å². The topological polar surface area (TPSA) is 0 Å². The first-order valence-corrected chi connectivity index (χ1v) is 13.8. The van der Waals surface area contributed by atoms with Gasteiger partial charge in [-0.15, -0.1) is 12.8 Å². The Balaban J connectivity index is -0.000000278. The van der Waals surface area contributed by atoms with E-state index in [0.29, 0.717) is 0 Å². The second-order valence-electron chi connectivity index (χ2n) is 4.98. The van der Waals surface area contributed by atoms with Gasteiger partial charge in [-0.25, -0.2) is 17.7 Å². The van der Waals surface area contributed by atoms with Gasteiger partial charge in [0.25, 0.3) is 0 Å². The van der Waals surface area contributed by atoms with Gasteiger partial charge in [0.05, 0.1) is 0 Å². The van der Waals surface area contributed by atoms with Crippen molar-refractivity contribution in [3.63, 3.8) is 0 Å². The van der Waals surface area contributed by atoms with E-state index >= 15 is 0 Å². The molecule has 0 amide bonds. The molecule has 0 aromatic rings. The normalized spacial score (nSPS) is 14.0. The Morgan fingerprint density at radius 1 is 1.09 bits per heavy atom. The quantitative estimate of drug-likeness (QED) is 0.424. The van der Waals surface area contributed by atoms with Crippen LogP contribution >= 0.6 is 0 Å². The third kappa shape index (κ3) is 13.1. The van der Waals surface area contributed by atoms with Crippen molar-refractivity contribution < 1.29 is 48.1 Å². The third-order valence-electron chi connectivity index (χ3n) is 3.03. The number of hydrogen-bond donors (Lipinski definition) is 0. The van der Waals surface area contributed by atoms with Gasteiger partial charge < -0.3 is 24.8 Å². The van der Waals surface area contributed by atoms with Crippen LogP contribution in [-0.2, 0) is 23.3 Å². The van der Waals surface area contributed by atoms with Crippen LogP contribution < -0.4 is 24.8 Å². The molecule has 0 unspecified atom stereocenters. The first-order chi connectivity index (χ1) is 9.56. The van der Waals surface area contributed by atoms with Crippen LogP contribution in [0.5, 0.6) is 0 Å². The van der Waals surface area contributed by atoms with Crippen LogP contribution in [0.3, 0.4) is 0 Å². The molecule has 0 atom stereocenters. The zero-order valence-electron chi connectivity index (χ0n) is 14.5. The van der Waals surface area contributed by atoms with Crippen LogP contribution in [-0.4, -0.2) is 5.43 Å². The molecule has 0 aliphatic heterocycles. The number of halogens is 2. The van der Waals surface area contributed by atoms with E-state index in [9.17, 15) is 0 Å². The van der Waals surface area contributed by atoms with Crippen molar-refractivity contribution in [3.8, 4) is 0 Å². The maximum Gasteiger partial charge on any atom is -0.109 e. The molecular weight excluding hydrogens is 406 g/mol. The van der Waals surface area contributed by atoms with E-state index < -0.39 is 0 Å². The summed E-state index contributed by atoms with van der Waals surface area (Å²) in [6, 6.07) is 0. The second-order valence-corrected chi connectivity index (χ2v) is 14.4. The summed E-state index contributed by atoms with van der Waals surface area (Å²) in [5, 5.41) is 0. The van der Waals surface area contributed by atoms with Crippen LogP contribution in [0.1, 0.15) is 52.9 Å². The van der Waals surface area contributed by atoms with E-state index in [-0.39, 0.29) is 30.2 Å². The summed E-state index contributed by atoms with van der Waals surface area (Å²) in [6.45, 7) is 11.3. The molecule has 124 valence electrons. The Bertz CT molecular complexity index is 407. The molecule has 0 bridgehead atoms. The molecule has 0 fully saturated rings. The summed E-state index contributed by atoms with van der Waals surface area (Å²) in [5.41, 5.74) is 4.89. The van der Waals surface area contributed by atoms with Crippen molar-refractivity contribution in [2.75, 3.05) is 0 Å². The van der Waals surface area contributed by atoms with Gasteiger partial charge in [0.15, 0.2) is 0 Å². The molecule has 22 heavy (non-hydrogen) atoms. The van der Waals surface area contributed by atoms with Crippen molar-refractivity contribution >= 4 is 5.43 Å². The first kappa shape index (κ1) is 27.5. The predicted octanol–water partition coefficient (Wildman–Crippen LogP) is -0.256. The Kier molecular flexibility index (Phi) is 22.5. The Hall–Kier alpha value is 0.640. The van der Waals surface area contributed by atoms with Gasteiger partial charge in [-0.3, -0.25) is 12.2 Å². The summed E-state index contributed by atoms with van der Waals surface area (Å²) >= 11 is 1.74. The minimum atomic E-state index is 0. The van der Waals surface area contributed by atoms with E-state index in [1.54, 1.807) is 34.5 Å². The van der Waals surface area contributed by atoms with Gasteiger partial charge in [-0.2, -0.15) is 17.2 Å². The fourth-order valence-electron chi connectivity index (χ4n) is 2.12. The van der Waals surface area contributed by atoms with Crippen molar-refractivity contribution in [3.05, 3.63) is 47.1 Å². The summed E-state index contributed by atoms with van der Waals surface area (Å²) in [5.74, 6) is 0. The molecule has 0 heterocycles. The molecule has 0 nitrogen and oxygen atoms in total. The standard InChI is InChI=1S/C11H17.C5H5.C2H6Si.2ClH.Zr/c1-4-9-7-8-10(5-2)11(9)6-3;1-2-4-5-3-1;1-3-2;;;/h4-7H2,1-3H3;1-3H,4H2;1-2H3;2*1H;/q2*-1;;;;+2/p-2. The summed E-state index contributed by atoms with van der Waals surface area (Å²) in [4.78, 5) is 0. The average molecular weight is 435 g/mol. The molecule has 2 rings (SSSR count). The van der Waals surface area contributed by atoms with Crippen LogP contribution in [0.2, 0.25) is 13.1 Å². The van der Waals surface area contributed by atoms with E-state index in [1.165, 1.54) is 18.4 Å². The zero-order chi connectivity index (χ0) is 15.4. The number of allylic oxidation sites excluding steroid dienone is 8. The van der Waals surface area contributed by atoms with Crippen molar-refractivity contribution in [2.24, 2.45) is 0 Å². The molecule has 0 spiro atoms.